The van der Waals surface area contributed by atoms with Gasteiger partial charge in [-0.15, -0.1) is 0 Å². The fraction of sp³-hybridized carbons (Fsp3) is 0.611. The van der Waals surface area contributed by atoms with E-state index in [-0.39, 0.29) is 17.7 Å². The van der Waals surface area contributed by atoms with Crippen molar-refractivity contribution in [2.24, 2.45) is 5.92 Å². The van der Waals surface area contributed by atoms with Gasteiger partial charge in [-0.2, -0.15) is 0 Å². The Balaban J connectivity index is 2.51. The van der Waals surface area contributed by atoms with E-state index in [4.69, 9.17) is 0 Å². The Kier molecular flexibility index (Phi) is 5.57. The highest BCUT2D eigenvalue weighted by Gasteiger charge is 2.33. The van der Waals surface area contributed by atoms with Crippen molar-refractivity contribution in [3.63, 3.8) is 0 Å². The second-order valence-corrected chi connectivity index (χ2v) is 6.48. The van der Waals surface area contributed by atoms with Gasteiger partial charge in [-0.1, -0.05) is 26.8 Å². The van der Waals surface area contributed by atoms with Gasteiger partial charge in [-0.25, -0.2) is 4.39 Å². The summed E-state index contributed by atoms with van der Waals surface area (Å²) in [6, 6.07) is 3.49. The van der Waals surface area contributed by atoms with Crippen LogP contribution < -0.4 is 5.32 Å². The predicted molar refractivity (Wildman–Crippen MR) is 85.8 cm³/mol. The largest absolute Gasteiger partial charge is 0.481 e. The lowest BCUT2D eigenvalue weighted by Gasteiger charge is -2.30. The molecule has 2 rings (SSSR count). The minimum Gasteiger partial charge on any atom is -0.481 e. The van der Waals surface area contributed by atoms with Gasteiger partial charge in [0.2, 0.25) is 0 Å². The quantitative estimate of drug-likeness (QED) is 0.872. The Bertz CT molecular complexity index is 536. The summed E-state index contributed by atoms with van der Waals surface area (Å²) < 4.78 is 14.5. The highest BCUT2D eigenvalue weighted by Crippen LogP contribution is 2.36. The molecule has 1 aliphatic heterocycles. The number of benzene rings is 1. The van der Waals surface area contributed by atoms with Gasteiger partial charge in [0.25, 0.3) is 0 Å². The van der Waals surface area contributed by atoms with E-state index in [1.165, 1.54) is 0 Å². The molecule has 0 aromatic heterocycles. The molecule has 1 aromatic carbocycles. The van der Waals surface area contributed by atoms with Crippen molar-refractivity contribution in [1.29, 1.82) is 0 Å². The molecule has 122 valence electrons. The van der Waals surface area contributed by atoms with Gasteiger partial charge in [0.1, 0.15) is 5.82 Å². The SMILES string of the molecule is CCc1c(F)cc(C(C)C)cc1C(C(=O)O)C1CCNCC1. The Morgan fingerprint density at radius 2 is 2.00 bits per heavy atom. The van der Waals surface area contributed by atoms with Crippen LogP contribution in [0.2, 0.25) is 0 Å². The van der Waals surface area contributed by atoms with Crippen LogP contribution in [0.3, 0.4) is 0 Å². The van der Waals surface area contributed by atoms with Gasteiger partial charge >= 0.3 is 5.97 Å². The molecule has 22 heavy (non-hydrogen) atoms. The number of carboxylic acids is 1. The summed E-state index contributed by atoms with van der Waals surface area (Å²) >= 11 is 0. The monoisotopic (exact) mass is 307 g/mol. The van der Waals surface area contributed by atoms with Crippen LogP contribution in [0.5, 0.6) is 0 Å². The molecule has 1 aliphatic rings. The molecule has 3 nitrogen and oxygen atoms in total. The number of nitrogens with one attached hydrogen (secondary N) is 1. The van der Waals surface area contributed by atoms with E-state index < -0.39 is 11.9 Å². The smallest absolute Gasteiger partial charge is 0.311 e. The van der Waals surface area contributed by atoms with Crippen LogP contribution in [0.15, 0.2) is 12.1 Å². The minimum absolute atomic E-state index is 0.0749. The fourth-order valence-electron chi connectivity index (χ4n) is 3.43. The molecular weight excluding hydrogens is 281 g/mol. The number of hydrogen-bond acceptors (Lipinski definition) is 2. The number of carboxylic acid groups (broad SMARTS) is 1. The lowest BCUT2D eigenvalue weighted by Crippen LogP contribution is -2.34. The Hall–Kier alpha value is -1.42. The first-order chi connectivity index (χ1) is 10.5. The standard InChI is InChI=1S/C18H26FNO2/c1-4-14-15(9-13(11(2)3)10-16(14)19)17(18(21)22)12-5-7-20-8-6-12/h9-12,17,20H,4-8H2,1-3H3,(H,21,22). The second kappa shape index (κ2) is 7.23. The van der Waals surface area contributed by atoms with Crippen molar-refractivity contribution in [3.8, 4) is 0 Å². The van der Waals surface area contributed by atoms with E-state index in [0.29, 0.717) is 17.5 Å². The number of rotatable bonds is 5. The minimum atomic E-state index is -0.832. The van der Waals surface area contributed by atoms with E-state index in [1.807, 2.05) is 26.8 Å². The maximum atomic E-state index is 14.5. The van der Waals surface area contributed by atoms with Crippen LogP contribution >= 0.6 is 0 Å². The van der Waals surface area contributed by atoms with Gasteiger partial charge in [0, 0.05) is 0 Å². The summed E-state index contributed by atoms with van der Waals surface area (Å²) in [5.74, 6) is -1.44. The van der Waals surface area contributed by atoms with Crippen molar-refractivity contribution >= 4 is 5.97 Å². The summed E-state index contributed by atoms with van der Waals surface area (Å²) in [6.45, 7) is 7.57. The van der Waals surface area contributed by atoms with E-state index in [9.17, 15) is 14.3 Å². The fourth-order valence-corrected chi connectivity index (χ4v) is 3.43. The number of carbonyl (C=O) groups is 1. The molecule has 2 N–H and O–H groups in total. The van der Waals surface area contributed by atoms with Crippen molar-refractivity contribution in [2.75, 3.05) is 13.1 Å². The zero-order valence-electron chi connectivity index (χ0n) is 13.7. The molecule has 1 aromatic rings. The van der Waals surface area contributed by atoms with Gasteiger partial charge in [0.15, 0.2) is 0 Å². The summed E-state index contributed by atoms with van der Waals surface area (Å²) in [5.41, 5.74) is 2.13. The lowest BCUT2D eigenvalue weighted by molar-refractivity contribution is -0.140. The van der Waals surface area contributed by atoms with Crippen molar-refractivity contribution in [2.45, 2.75) is 51.9 Å². The van der Waals surface area contributed by atoms with Crippen LogP contribution in [-0.4, -0.2) is 24.2 Å². The van der Waals surface area contributed by atoms with Crippen LogP contribution in [0.4, 0.5) is 4.39 Å². The number of aliphatic carboxylic acids is 1. The molecule has 0 bridgehead atoms. The highest BCUT2D eigenvalue weighted by molar-refractivity contribution is 5.77. The van der Waals surface area contributed by atoms with Gasteiger partial charge < -0.3 is 10.4 Å². The molecule has 0 amide bonds. The Morgan fingerprint density at radius 1 is 1.36 bits per heavy atom. The normalized spacial score (nSPS) is 17.7. The van der Waals surface area contributed by atoms with Crippen LogP contribution in [-0.2, 0) is 11.2 Å². The third-order valence-electron chi connectivity index (χ3n) is 4.73. The maximum absolute atomic E-state index is 14.5. The topological polar surface area (TPSA) is 49.3 Å². The third kappa shape index (κ3) is 3.49. The van der Waals surface area contributed by atoms with Gasteiger partial charge in [-0.05, 0) is 66.9 Å². The average Bonchev–Trinajstić information content (AvgIpc) is 2.47. The van der Waals surface area contributed by atoms with E-state index in [0.717, 1.165) is 31.5 Å². The summed E-state index contributed by atoms with van der Waals surface area (Å²) in [5, 5.41) is 13.0. The highest BCUT2D eigenvalue weighted by atomic mass is 19.1. The number of piperidine rings is 1. The first kappa shape index (κ1) is 16.9. The summed E-state index contributed by atoms with van der Waals surface area (Å²) in [7, 11) is 0. The molecule has 1 fully saturated rings. The molecule has 0 saturated carbocycles. The van der Waals surface area contributed by atoms with Crippen LogP contribution in [0.25, 0.3) is 0 Å². The molecule has 0 spiro atoms. The maximum Gasteiger partial charge on any atom is 0.311 e. The first-order valence-electron chi connectivity index (χ1n) is 8.21. The zero-order valence-corrected chi connectivity index (χ0v) is 13.7. The number of halogens is 1. The van der Waals surface area contributed by atoms with E-state index >= 15 is 0 Å². The molecule has 4 heteroatoms. The average molecular weight is 307 g/mol. The Labute approximate surface area is 131 Å². The molecule has 0 radical (unpaired) electrons. The van der Waals surface area contributed by atoms with Gasteiger partial charge in [-0.3, -0.25) is 4.79 Å². The van der Waals surface area contributed by atoms with Crippen molar-refractivity contribution in [3.05, 3.63) is 34.6 Å². The first-order valence-corrected chi connectivity index (χ1v) is 8.21. The Morgan fingerprint density at radius 3 is 2.50 bits per heavy atom. The molecule has 0 aliphatic carbocycles. The number of hydrogen-bond donors (Lipinski definition) is 2. The third-order valence-corrected chi connectivity index (χ3v) is 4.73. The molecular formula is C18H26FNO2. The molecule has 1 saturated heterocycles. The zero-order chi connectivity index (χ0) is 16.3. The van der Waals surface area contributed by atoms with Crippen molar-refractivity contribution in [1.82, 2.24) is 5.32 Å². The van der Waals surface area contributed by atoms with Crippen LogP contribution in [0.1, 0.15) is 62.1 Å². The summed E-state index contributed by atoms with van der Waals surface area (Å²) in [6.07, 6.45) is 2.18. The van der Waals surface area contributed by atoms with Gasteiger partial charge in [0.05, 0.1) is 5.92 Å². The van der Waals surface area contributed by atoms with Crippen LogP contribution in [0, 0.1) is 11.7 Å². The second-order valence-electron chi connectivity index (χ2n) is 6.48. The van der Waals surface area contributed by atoms with E-state index in [2.05, 4.69) is 5.32 Å². The molecule has 1 atom stereocenters. The lowest BCUT2D eigenvalue weighted by atomic mass is 9.77. The summed E-state index contributed by atoms with van der Waals surface area (Å²) in [4.78, 5) is 11.9. The molecule has 1 heterocycles. The predicted octanol–water partition coefficient (Wildman–Crippen LogP) is 3.68. The van der Waals surface area contributed by atoms with E-state index in [1.54, 1.807) is 6.07 Å². The van der Waals surface area contributed by atoms with Crippen molar-refractivity contribution < 1.29 is 14.3 Å². The molecule has 1 unspecified atom stereocenters.